The van der Waals surface area contributed by atoms with E-state index in [-0.39, 0.29) is 10.9 Å². The highest BCUT2D eigenvalue weighted by atomic mass is 32.2. The van der Waals surface area contributed by atoms with Crippen molar-refractivity contribution in [2.24, 2.45) is 10.9 Å². The van der Waals surface area contributed by atoms with Crippen molar-refractivity contribution in [3.05, 3.63) is 24.3 Å². The fourth-order valence-electron chi connectivity index (χ4n) is 1.51. The molecule has 0 aliphatic rings. The molecule has 0 aliphatic heterocycles. The van der Waals surface area contributed by atoms with E-state index in [0.29, 0.717) is 12.2 Å². The van der Waals surface area contributed by atoms with Crippen molar-refractivity contribution in [1.29, 1.82) is 0 Å². The Labute approximate surface area is 102 Å². The Morgan fingerprint density at radius 2 is 2.00 bits per heavy atom. The summed E-state index contributed by atoms with van der Waals surface area (Å²) in [5.41, 5.74) is 6.17. The molecule has 1 unspecified atom stereocenters. The molecule has 0 radical (unpaired) electrons. The van der Waals surface area contributed by atoms with Gasteiger partial charge in [0.25, 0.3) is 0 Å². The summed E-state index contributed by atoms with van der Waals surface area (Å²) in [6, 6.07) is 6.76. The highest BCUT2D eigenvalue weighted by molar-refractivity contribution is 7.89. The number of hydrogen-bond acceptors (Lipinski definition) is 4. The van der Waals surface area contributed by atoms with Crippen LogP contribution in [0.1, 0.15) is 19.8 Å². The van der Waals surface area contributed by atoms with Gasteiger partial charge in [0, 0.05) is 12.6 Å². The van der Waals surface area contributed by atoms with Crippen molar-refractivity contribution in [3.8, 4) is 0 Å². The minimum absolute atomic E-state index is 0.126. The Balaban J connectivity index is 2.65. The normalized spacial score (nSPS) is 13.4. The number of primary sulfonamides is 1. The fourth-order valence-corrected chi connectivity index (χ4v) is 2.22. The predicted octanol–water partition coefficient (Wildman–Crippen LogP) is 0.873. The second-order valence-electron chi connectivity index (χ2n) is 4.09. The summed E-state index contributed by atoms with van der Waals surface area (Å²) in [6.45, 7) is 2.62. The van der Waals surface area contributed by atoms with E-state index in [0.717, 1.165) is 12.8 Å². The van der Waals surface area contributed by atoms with Crippen LogP contribution in [0.3, 0.4) is 0 Å². The van der Waals surface area contributed by atoms with Crippen LogP contribution in [0, 0.1) is 0 Å². The van der Waals surface area contributed by atoms with Gasteiger partial charge in [0.1, 0.15) is 4.90 Å². The van der Waals surface area contributed by atoms with Crippen LogP contribution in [-0.4, -0.2) is 21.0 Å². The lowest BCUT2D eigenvalue weighted by atomic mass is 10.2. The summed E-state index contributed by atoms with van der Waals surface area (Å²) in [6.07, 6.45) is 1.78. The molecule has 0 aromatic heterocycles. The van der Waals surface area contributed by atoms with Crippen LogP contribution in [0.15, 0.2) is 29.2 Å². The number of nitrogens with one attached hydrogen (secondary N) is 1. The number of hydrogen-bond donors (Lipinski definition) is 3. The van der Waals surface area contributed by atoms with E-state index in [1.165, 1.54) is 6.07 Å². The first-order valence-electron chi connectivity index (χ1n) is 5.52. The van der Waals surface area contributed by atoms with Gasteiger partial charge in [-0.3, -0.25) is 0 Å². The van der Waals surface area contributed by atoms with E-state index in [1.54, 1.807) is 18.2 Å². The summed E-state index contributed by atoms with van der Waals surface area (Å²) in [7, 11) is -3.67. The molecule has 5 nitrogen and oxygen atoms in total. The van der Waals surface area contributed by atoms with E-state index in [2.05, 4.69) is 5.32 Å². The van der Waals surface area contributed by atoms with E-state index in [9.17, 15) is 8.42 Å². The maximum atomic E-state index is 11.3. The molecule has 0 saturated heterocycles. The molecular formula is C11H19N3O2S. The maximum absolute atomic E-state index is 11.3. The van der Waals surface area contributed by atoms with Crippen molar-refractivity contribution >= 4 is 15.7 Å². The van der Waals surface area contributed by atoms with Crippen LogP contribution in [0.2, 0.25) is 0 Å². The van der Waals surface area contributed by atoms with E-state index in [1.807, 2.05) is 6.92 Å². The third-order valence-corrected chi connectivity index (χ3v) is 3.31. The zero-order chi connectivity index (χ0) is 12.9. The highest BCUT2D eigenvalue weighted by Gasteiger charge is 2.12. The molecule has 1 rings (SSSR count). The molecule has 1 atom stereocenters. The number of sulfonamides is 1. The fraction of sp³-hybridized carbons (Fsp3) is 0.455. The average molecular weight is 257 g/mol. The molecule has 5 N–H and O–H groups in total. The van der Waals surface area contributed by atoms with Gasteiger partial charge in [-0.25, -0.2) is 13.6 Å². The summed E-state index contributed by atoms with van der Waals surface area (Å²) < 4.78 is 22.6. The van der Waals surface area contributed by atoms with Gasteiger partial charge in [0.15, 0.2) is 0 Å². The Kier molecular flexibility index (Phi) is 4.92. The molecule has 0 heterocycles. The van der Waals surface area contributed by atoms with Gasteiger partial charge >= 0.3 is 0 Å². The molecular weight excluding hydrogens is 238 g/mol. The van der Waals surface area contributed by atoms with Gasteiger partial charge in [-0.15, -0.1) is 0 Å². The molecule has 17 heavy (non-hydrogen) atoms. The zero-order valence-corrected chi connectivity index (χ0v) is 10.7. The quantitative estimate of drug-likeness (QED) is 0.659. The molecule has 6 heteroatoms. The third-order valence-electron chi connectivity index (χ3n) is 2.35. The van der Waals surface area contributed by atoms with E-state index in [4.69, 9.17) is 10.9 Å². The molecule has 0 bridgehead atoms. The molecule has 96 valence electrons. The third kappa shape index (κ3) is 4.72. The van der Waals surface area contributed by atoms with Crippen LogP contribution in [0.25, 0.3) is 0 Å². The van der Waals surface area contributed by atoms with Gasteiger partial charge in [0.05, 0.1) is 5.69 Å². The van der Waals surface area contributed by atoms with Crippen LogP contribution in [-0.2, 0) is 10.0 Å². The van der Waals surface area contributed by atoms with Gasteiger partial charge < -0.3 is 11.1 Å². The lowest BCUT2D eigenvalue weighted by Crippen LogP contribution is -2.18. The maximum Gasteiger partial charge on any atom is 0.240 e. The number of nitrogens with two attached hydrogens (primary N) is 2. The molecule has 0 aliphatic carbocycles. The zero-order valence-electron chi connectivity index (χ0n) is 9.89. The number of rotatable bonds is 6. The standard InChI is InChI=1S/C11H19N3O2S/c1-9(12)5-4-8-14-10-6-2-3-7-11(10)17(13,15)16/h2-3,6-7,9,14H,4-5,8,12H2,1H3,(H2,13,15,16). The Morgan fingerprint density at radius 3 is 2.59 bits per heavy atom. The number of para-hydroxylation sites is 1. The summed E-state index contributed by atoms with van der Waals surface area (Å²) in [4.78, 5) is 0.126. The molecule has 0 fully saturated rings. The smallest absolute Gasteiger partial charge is 0.240 e. The minimum atomic E-state index is -3.67. The molecule has 1 aromatic carbocycles. The van der Waals surface area contributed by atoms with Crippen molar-refractivity contribution in [3.63, 3.8) is 0 Å². The van der Waals surface area contributed by atoms with Crippen LogP contribution < -0.4 is 16.2 Å². The lowest BCUT2D eigenvalue weighted by Gasteiger charge is -2.11. The first-order chi connectivity index (χ1) is 7.91. The number of benzene rings is 1. The summed E-state index contributed by atoms with van der Waals surface area (Å²) >= 11 is 0. The highest BCUT2D eigenvalue weighted by Crippen LogP contribution is 2.19. The van der Waals surface area contributed by atoms with Crippen molar-refractivity contribution in [2.45, 2.75) is 30.7 Å². The van der Waals surface area contributed by atoms with Crippen LogP contribution in [0.4, 0.5) is 5.69 Å². The average Bonchev–Trinajstić information content (AvgIpc) is 2.23. The summed E-state index contributed by atoms with van der Waals surface area (Å²) in [5.74, 6) is 0. The SMILES string of the molecule is CC(N)CCCNc1ccccc1S(N)(=O)=O. The van der Waals surface area contributed by atoms with Crippen molar-refractivity contribution in [2.75, 3.05) is 11.9 Å². The molecule has 0 amide bonds. The largest absolute Gasteiger partial charge is 0.384 e. The van der Waals surface area contributed by atoms with E-state index < -0.39 is 10.0 Å². The van der Waals surface area contributed by atoms with Gasteiger partial charge in [-0.05, 0) is 31.9 Å². The Bertz CT molecular complexity index is 458. The first-order valence-corrected chi connectivity index (χ1v) is 7.07. The van der Waals surface area contributed by atoms with Gasteiger partial charge in [-0.1, -0.05) is 12.1 Å². The molecule has 0 spiro atoms. The van der Waals surface area contributed by atoms with Gasteiger partial charge in [0.2, 0.25) is 10.0 Å². The minimum Gasteiger partial charge on any atom is -0.384 e. The topological polar surface area (TPSA) is 98.2 Å². The Morgan fingerprint density at radius 1 is 1.35 bits per heavy atom. The second-order valence-corrected chi connectivity index (χ2v) is 5.62. The van der Waals surface area contributed by atoms with Crippen LogP contribution in [0.5, 0.6) is 0 Å². The Hall–Kier alpha value is -1.11. The monoisotopic (exact) mass is 257 g/mol. The van der Waals surface area contributed by atoms with Crippen molar-refractivity contribution in [1.82, 2.24) is 0 Å². The first kappa shape index (κ1) is 14.0. The lowest BCUT2D eigenvalue weighted by molar-refractivity contribution is 0.597. The predicted molar refractivity (Wildman–Crippen MR) is 69.2 cm³/mol. The molecule has 1 aromatic rings. The van der Waals surface area contributed by atoms with Crippen LogP contribution >= 0.6 is 0 Å². The summed E-state index contributed by atoms with van der Waals surface area (Å²) in [5, 5.41) is 8.18. The van der Waals surface area contributed by atoms with Gasteiger partial charge in [-0.2, -0.15) is 0 Å². The second kappa shape index (κ2) is 6.00. The molecule has 0 saturated carbocycles. The van der Waals surface area contributed by atoms with E-state index >= 15 is 0 Å². The van der Waals surface area contributed by atoms with Crippen molar-refractivity contribution < 1.29 is 8.42 Å². The number of anilines is 1.